The first kappa shape index (κ1) is 20.8. The molecular formula is C26H20N2O4. The number of benzene rings is 4. The molecule has 0 bridgehead atoms. The summed E-state index contributed by atoms with van der Waals surface area (Å²) < 4.78 is 11.0. The maximum atomic E-state index is 12.1. The Balaban J connectivity index is 1.27. The molecule has 0 heterocycles. The fraction of sp³-hybridized carbons (Fsp3) is 0.0385. The molecule has 4 aromatic rings. The fourth-order valence-corrected chi connectivity index (χ4v) is 3.04. The van der Waals surface area contributed by atoms with Gasteiger partial charge >= 0.3 is 5.97 Å². The number of rotatable bonds is 7. The minimum absolute atomic E-state index is 0.153. The van der Waals surface area contributed by atoms with Crippen molar-refractivity contribution in [1.82, 2.24) is 5.43 Å². The third-order valence-electron chi connectivity index (χ3n) is 4.61. The highest BCUT2D eigenvalue weighted by Gasteiger charge is 2.07. The number of fused-ring (bicyclic) bond motifs is 1. The first-order chi connectivity index (χ1) is 15.7. The van der Waals surface area contributed by atoms with Gasteiger partial charge < -0.3 is 9.47 Å². The van der Waals surface area contributed by atoms with E-state index in [1.807, 2.05) is 48.5 Å². The van der Waals surface area contributed by atoms with Gasteiger partial charge in [0.1, 0.15) is 11.5 Å². The van der Waals surface area contributed by atoms with Gasteiger partial charge in [0.25, 0.3) is 5.91 Å². The molecule has 0 fully saturated rings. The van der Waals surface area contributed by atoms with Crippen molar-refractivity contribution >= 4 is 28.9 Å². The van der Waals surface area contributed by atoms with E-state index in [0.29, 0.717) is 17.1 Å². The lowest BCUT2D eigenvalue weighted by molar-refractivity contribution is -0.123. The average molecular weight is 424 g/mol. The van der Waals surface area contributed by atoms with Crippen molar-refractivity contribution in [2.24, 2.45) is 5.10 Å². The lowest BCUT2D eigenvalue weighted by Gasteiger charge is -2.08. The monoisotopic (exact) mass is 424 g/mol. The van der Waals surface area contributed by atoms with Gasteiger partial charge in [-0.25, -0.2) is 10.2 Å². The lowest BCUT2D eigenvalue weighted by atomic mass is 10.1. The van der Waals surface area contributed by atoms with Crippen LogP contribution >= 0.6 is 0 Å². The van der Waals surface area contributed by atoms with Crippen LogP contribution in [0.15, 0.2) is 102 Å². The number of hydrazone groups is 1. The highest BCUT2D eigenvalue weighted by molar-refractivity contribution is 5.91. The van der Waals surface area contributed by atoms with E-state index in [1.165, 1.54) is 6.21 Å². The molecule has 4 aromatic carbocycles. The molecule has 0 aromatic heterocycles. The molecule has 0 unspecified atom stereocenters. The Morgan fingerprint density at radius 2 is 1.53 bits per heavy atom. The van der Waals surface area contributed by atoms with Crippen LogP contribution in [0.2, 0.25) is 0 Å². The van der Waals surface area contributed by atoms with Crippen molar-refractivity contribution < 1.29 is 19.1 Å². The second-order valence-electron chi connectivity index (χ2n) is 6.88. The van der Waals surface area contributed by atoms with Crippen molar-refractivity contribution in [3.63, 3.8) is 0 Å². The van der Waals surface area contributed by atoms with E-state index in [2.05, 4.69) is 10.5 Å². The number of hydrogen-bond donors (Lipinski definition) is 1. The van der Waals surface area contributed by atoms with Crippen molar-refractivity contribution in [3.05, 3.63) is 108 Å². The van der Waals surface area contributed by atoms with Crippen LogP contribution in [0.25, 0.3) is 10.8 Å². The molecule has 0 spiro atoms. The summed E-state index contributed by atoms with van der Waals surface area (Å²) in [4.78, 5) is 24.1. The van der Waals surface area contributed by atoms with Crippen molar-refractivity contribution in [3.8, 4) is 11.5 Å². The van der Waals surface area contributed by atoms with Crippen LogP contribution in [0.1, 0.15) is 15.9 Å². The second-order valence-corrected chi connectivity index (χ2v) is 6.88. The number of carbonyl (C=O) groups is 2. The fourth-order valence-electron chi connectivity index (χ4n) is 3.04. The van der Waals surface area contributed by atoms with Crippen LogP contribution in [-0.2, 0) is 4.79 Å². The smallest absolute Gasteiger partial charge is 0.343 e. The first-order valence-electron chi connectivity index (χ1n) is 9.99. The molecule has 0 aliphatic carbocycles. The number of amides is 1. The van der Waals surface area contributed by atoms with Gasteiger partial charge in [-0.15, -0.1) is 0 Å². The van der Waals surface area contributed by atoms with Crippen LogP contribution in [0.5, 0.6) is 11.5 Å². The molecule has 0 aliphatic rings. The van der Waals surface area contributed by atoms with E-state index in [4.69, 9.17) is 9.47 Å². The summed E-state index contributed by atoms with van der Waals surface area (Å²) in [6, 6.07) is 29.1. The first-order valence-corrected chi connectivity index (χ1v) is 9.99. The Bertz CT molecular complexity index is 1250. The maximum Gasteiger partial charge on any atom is 0.343 e. The normalized spacial score (nSPS) is 10.8. The van der Waals surface area contributed by atoms with E-state index in [1.54, 1.807) is 48.5 Å². The van der Waals surface area contributed by atoms with Crippen LogP contribution in [0.3, 0.4) is 0 Å². The van der Waals surface area contributed by atoms with Gasteiger partial charge in [-0.3, -0.25) is 4.79 Å². The van der Waals surface area contributed by atoms with Gasteiger partial charge in [0.05, 0.1) is 11.8 Å². The summed E-state index contributed by atoms with van der Waals surface area (Å²) in [6.07, 6.45) is 1.50. The number of hydrogen-bond acceptors (Lipinski definition) is 5. The summed E-state index contributed by atoms with van der Waals surface area (Å²) in [5.74, 6) is 0.263. The molecule has 0 aliphatic heterocycles. The quantitative estimate of drug-likeness (QED) is 0.204. The van der Waals surface area contributed by atoms with E-state index >= 15 is 0 Å². The molecule has 6 heteroatoms. The Morgan fingerprint density at radius 1 is 0.812 bits per heavy atom. The van der Waals surface area contributed by atoms with E-state index in [-0.39, 0.29) is 12.5 Å². The molecule has 0 saturated heterocycles. The zero-order chi connectivity index (χ0) is 22.2. The molecule has 1 amide bonds. The van der Waals surface area contributed by atoms with Gasteiger partial charge in [-0.2, -0.15) is 5.10 Å². The predicted molar refractivity (Wildman–Crippen MR) is 123 cm³/mol. The summed E-state index contributed by atoms with van der Waals surface area (Å²) >= 11 is 0. The Kier molecular flexibility index (Phi) is 6.53. The third kappa shape index (κ3) is 5.37. The topological polar surface area (TPSA) is 77.0 Å². The van der Waals surface area contributed by atoms with Crippen LogP contribution in [-0.4, -0.2) is 24.7 Å². The summed E-state index contributed by atoms with van der Waals surface area (Å²) in [5, 5.41) is 5.93. The third-order valence-corrected chi connectivity index (χ3v) is 4.61. The molecule has 6 nitrogen and oxygen atoms in total. The standard InChI is InChI=1S/C26H20N2O4/c29-25(18-31-24-12-6-10-20-7-4-5-11-23(20)24)28-27-17-19-13-15-22(16-14-19)32-26(30)21-8-2-1-3-9-21/h1-17H,18H2,(H,28,29)/b27-17-. The van der Waals surface area contributed by atoms with E-state index in [0.717, 1.165) is 16.3 Å². The van der Waals surface area contributed by atoms with Crippen molar-refractivity contribution in [2.75, 3.05) is 6.61 Å². The summed E-state index contributed by atoms with van der Waals surface area (Å²) in [6.45, 7) is -0.153. The number of ether oxygens (including phenoxy) is 2. The van der Waals surface area contributed by atoms with Crippen molar-refractivity contribution in [2.45, 2.75) is 0 Å². The van der Waals surface area contributed by atoms with Gasteiger partial charge in [0.15, 0.2) is 6.61 Å². The zero-order valence-electron chi connectivity index (χ0n) is 17.1. The minimum atomic E-state index is -0.425. The molecule has 158 valence electrons. The van der Waals surface area contributed by atoms with E-state index < -0.39 is 5.97 Å². The number of nitrogens with zero attached hydrogens (tertiary/aromatic N) is 1. The Labute approximate surface area is 185 Å². The molecule has 0 atom stereocenters. The van der Waals surface area contributed by atoms with Gasteiger partial charge in [0, 0.05) is 5.39 Å². The molecular weight excluding hydrogens is 404 g/mol. The Morgan fingerprint density at radius 3 is 2.34 bits per heavy atom. The molecule has 1 N–H and O–H groups in total. The molecule has 0 radical (unpaired) electrons. The molecule has 0 saturated carbocycles. The van der Waals surface area contributed by atoms with Gasteiger partial charge in [0.2, 0.25) is 0 Å². The van der Waals surface area contributed by atoms with Crippen LogP contribution in [0.4, 0.5) is 0 Å². The van der Waals surface area contributed by atoms with Crippen LogP contribution in [0, 0.1) is 0 Å². The van der Waals surface area contributed by atoms with Crippen LogP contribution < -0.4 is 14.9 Å². The highest BCUT2D eigenvalue weighted by Crippen LogP contribution is 2.24. The summed E-state index contributed by atoms with van der Waals surface area (Å²) in [5.41, 5.74) is 3.65. The lowest BCUT2D eigenvalue weighted by Crippen LogP contribution is -2.24. The average Bonchev–Trinajstić information content (AvgIpc) is 2.84. The predicted octanol–water partition coefficient (Wildman–Crippen LogP) is 4.59. The van der Waals surface area contributed by atoms with Gasteiger partial charge in [-0.1, -0.05) is 54.6 Å². The second kappa shape index (κ2) is 10.0. The van der Waals surface area contributed by atoms with Crippen molar-refractivity contribution in [1.29, 1.82) is 0 Å². The highest BCUT2D eigenvalue weighted by atomic mass is 16.5. The van der Waals surface area contributed by atoms with Gasteiger partial charge in [-0.05, 0) is 53.4 Å². The SMILES string of the molecule is O=C(COc1cccc2ccccc12)N/N=C\c1ccc(OC(=O)c2ccccc2)cc1. The molecule has 4 rings (SSSR count). The summed E-state index contributed by atoms with van der Waals surface area (Å²) in [7, 11) is 0. The molecule has 32 heavy (non-hydrogen) atoms. The maximum absolute atomic E-state index is 12.1. The van der Waals surface area contributed by atoms with E-state index in [9.17, 15) is 9.59 Å². The zero-order valence-corrected chi connectivity index (χ0v) is 17.1. The Hall–Kier alpha value is -4.45. The number of esters is 1. The minimum Gasteiger partial charge on any atom is -0.483 e. The number of nitrogens with one attached hydrogen (secondary N) is 1. The largest absolute Gasteiger partial charge is 0.483 e. The number of carbonyl (C=O) groups excluding carboxylic acids is 2.